The lowest BCUT2D eigenvalue weighted by Gasteiger charge is -2.39. The number of nitrogens with two attached hydrogens (primary N) is 1. The molecule has 12 N–H and O–H groups in total. The van der Waals surface area contributed by atoms with Gasteiger partial charge in [0.2, 0.25) is 29.5 Å². The number of aromatic nitrogens is 2. The first-order valence-corrected chi connectivity index (χ1v) is 23.7. The summed E-state index contributed by atoms with van der Waals surface area (Å²) in [7, 11) is 0. The molecule has 1 heterocycles. The average Bonchev–Trinajstić information content (AvgIpc) is 3.92. The third kappa shape index (κ3) is 14.9. The number of carboxylic acid groups (broad SMARTS) is 1. The van der Waals surface area contributed by atoms with Crippen LogP contribution in [-0.2, 0) is 53.6 Å². The van der Waals surface area contributed by atoms with Crippen LogP contribution in [0.2, 0.25) is 0 Å². The van der Waals surface area contributed by atoms with Gasteiger partial charge in [-0.2, -0.15) is 0 Å². The summed E-state index contributed by atoms with van der Waals surface area (Å²) >= 11 is 0. The number of aromatic hydroxyl groups is 1. The van der Waals surface area contributed by atoms with Crippen LogP contribution < -0.4 is 37.6 Å². The van der Waals surface area contributed by atoms with Gasteiger partial charge in [0, 0.05) is 25.5 Å². The first-order chi connectivity index (χ1) is 34.9. The number of nitrogens with zero attached hydrogens (tertiary/aromatic N) is 1. The number of unbranched alkanes of at least 4 members (excludes halogenated alkanes) is 1. The van der Waals surface area contributed by atoms with E-state index in [1.54, 1.807) is 36.5 Å². The number of carboxylic acids is 1. The van der Waals surface area contributed by atoms with Gasteiger partial charge in [-0.15, -0.1) is 0 Å². The second kappa shape index (κ2) is 26.7. The van der Waals surface area contributed by atoms with E-state index in [1.807, 2.05) is 91.0 Å². The van der Waals surface area contributed by atoms with Gasteiger partial charge in [0.1, 0.15) is 29.9 Å². The Labute approximate surface area is 417 Å². The standard InChI is InChI=1S/C54H61N9O9/c55-28-14-13-23-43(50(68)61-44(29-36-15-5-1-6-16-36)51(69)62-46(53(71)72)30-37-24-26-42(65)27-25-37)60-52(70)47(34-64)59-48(66)33-57-49(67)45(31-41-32-56-35-58-41)63-54(38-17-7-2-8-18-38,39-19-9-3-10-20-39)40-21-11-4-12-22-40/h1-12,15-22,24-27,32,35,43-47,63-65H,13-14,23,28-31,33-34,55H2,(H,56,58)(H,57,67)(H,59,66)(H,60,70)(H,61,68)(H,62,69)(H,71,72)/t43-,44-,45-,46-,47-/m0/s1. The molecule has 0 aliphatic heterocycles. The normalized spacial score (nSPS) is 13.3. The maximum atomic E-state index is 14.4. The lowest BCUT2D eigenvalue weighted by molar-refractivity contribution is -0.142. The maximum absolute atomic E-state index is 14.4. The van der Waals surface area contributed by atoms with E-state index in [0.29, 0.717) is 29.7 Å². The number of phenols is 1. The molecule has 0 fully saturated rings. The van der Waals surface area contributed by atoms with Crippen LogP contribution in [0.1, 0.15) is 52.8 Å². The van der Waals surface area contributed by atoms with E-state index in [2.05, 4.69) is 41.9 Å². The van der Waals surface area contributed by atoms with Crippen molar-refractivity contribution in [3.8, 4) is 5.75 Å². The van der Waals surface area contributed by atoms with Crippen molar-refractivity contribution >= 4 is 35.5 Å². The third-order valence-corrected chi connectivity index (χ3v) is 12.0. The molecule has 0 bridgehead atoms. The van der Waals surface area contributed by atoms with Crippen molar-refractivity contribution < 1.29 is 44.1 Å². The van der Waals surface area contributed by atoms with Crippen LogP contribution in [0.4, 0.5) is 0 Å². The summed E-state index contributed by atoms with van der Waals surface area (Å²) in [5.41, 5.74) is 8.95. The lowest BCUT2D eigenvalue weighted by Crippen LogP contribution is -2.59. The van der Waals surface area contributed by atoms with Gasteiger partial charge in [0.15, 0.2) is 0 Å². The quantitative estimate of drug-likeness (QED) is 0.0262. The number of carbonyl (C=O) groups excluding carboxylic acids is 5. The Morgan fingerprint density at radius 3 is 1.60 bits per heavy atom. The number of aromatic amines is 1. The number of hydrogen-bond donors (Lipinski definition) is 11. The number of rotatable bonds is 27. The van der Waals surface area contributed by atoms with Crippen molar-refractivity contribution in [2.45, 2.75) is 74.3 Å². The molecule has 0 radical (unpaired) electrons. The van der Waals surface area contributed by atoms with Crippen LogP contribution in [0.25, 0.3) is 0 Å². The maximum Gasteiger partial charge on any atom is 0.326 e. The highest BCUT2D eigenvalue weighted by molar-refractivity contribution is 5.96. The number of aliphatic hydroxyl groups is 1. The number of benzene rings is 5. The van der Waals surface area contributed by atoms with Crippen molar-refractivity contribution in [2.75, 3.05) is 19.7 Å². The van der Waals surface area contributed by atoms with Gasteiger partial charge in [-0.25, -0.2) is 9.78 Å². The van der Waals surface area contributed by atoms with Crippen molar-refractivity contribution in [1.82, 2.24) is 41.9 Å². The molecule has 6 rings (SSSR count). The first kappa shape index (κ1) is 53.2. The highest BCUT2D eigenvalue weighted by Crippen LogP contribution is 2.37. The largest absolute Gasteiger partial charge is 0.508 e. The molecule has 5 atom stereocenters. The van der Waals surface area contributed by atoms with Gasteiger partial charge in [-0.05, 0) is 65.8 Å². The molecule has 5 aromatic carbocycles. The highest BCUT2D eigenvalue weighted by Gasteiger charge is 2.40. The van der Waals surface area contributed by atoms with Gasteiger partial charge in [0.05, 0.1) is 36.8 Å². The Balaban J connectivity index is 1.16. The number of nitrogens with one attached hydrogen (secondary N) is 7. The van der Waals surface area contributed by atoms with Crippen LogP contribution in [0, 0.1) is 0 Å². The van der Waals surface area contributed by atoms with Crippen LogP contribution in [0.3, 0.4) is 0 Å². The summed E-state index contributed by atoms with van der Waals surface area (Å²) in [6, 6.07) is 37.0. The fourth-order valence-electron chi connectivity index (χ4n) is 8.33. The zero-order chi connectivity index (χ0) is 51.3. The summed E-state index contributed by atoms with van der Waals surface area (Å²) in [5.74, 6) is -5.24. The molecule has 376 valence electrons. The van der Waals surface area contributed by atoms with E-state index in [1.165, 1.54) is 30.6 Å². The molecule has 0 aliphatic rings. The summed E-state index contributed by atoms with van der Waals surface area (Å²) in [6.45, 7) is -1.20. The van der Waals surface area contributed by atoms with Crippen molar-refractivity contribution in [2.24, 2.45) is 5.73 Å². The van der Waals surface area contributed by atoms with E-state index in [9.17, 15) is 44.1 Å². The molecule has 18 heteroatoms. The molecule has 0 aliphatic carbocycles. The lowest BCUT2D eigenvalue weighted by atomic mass is 9.76. The molecule has 1 aromatic heterocycles. The van der Waals surface area contributed by atoms with Gasteiger partial charge >= 0.3 is 5.97 Å². The second-order valence-electron chi connectivity index (χ2n) is 17.2. The monoisotopic (exact) mass is 979 g/mol. The predicted molar refractivity (Wildman–Crippen MR) is 269 cm³/mol. The first-order valence-electron chi connectivity index (χ1n) is 23.7. The zero-order valence-electron chi connectivity index (χ0n) is 39.6. The average molecular weight is 980 g/mol. The molecule has 72 heavy (non-hydrogen) atoms. The van der Waals surface area contributed by atoms with Crippen LogP contribution in [0.5, 0.6) is 5.75 Å². The number of amides is 5. The Morgan fingerprint density at radius 2 is 1.07 bits per heavy atom. The molecule has 18 nitrogen and oxygen atoms in total. The molecular formula is C54H61N9O9. The van der Waals surface area contributed by atoms with Crippen molar-refractivity contribution in [3.63, 3.8) is 0 Å². The van der Waals surface area contributed by atoms with Gasteiger partial charge in [0.25, 0.3) is 0 Å². The van der Waals surface area contributed by atoms with E-state index >= 15 is 0 Å². The van der Waals surface area contributed by atoms with Gasteiger partial charge in [-0.3, -0.25) is 29.3 Å². The summed E-state index contributed by atoms with van der Waals surface area (Å²) < 4.78 is 0. The smallest absolute Gasteiger partial charge is 0.326 e. The number of phenolic OH excluding ortho intramolecular Hbond substituents is 1. The number of imidazole rings is 1. The summed E-state index contributed by atoms with van der Waals surface area (Å²) in [4.78, 5) is 89.3. The number of aliphatic hydroxyl groups excluding tert-OH is 1. The highest BCUT2D eigenvalue weighted by atomic mass is 16.4. The molecule has 0 unspecified atom stereocenters. The third-order valence-electron chi connectivity index (χ3n) is 12.0. The molecule has 0 saturated carbocycles. The molecule has 6 aromatic rings. The fraction of sp³-hybridized carbons (Fsp3) is 0.278. The number of aliphatic carboxylic acids is 1. The van der Waals surface area contributed by atoms with Crippen molar-refractivity contribution in [3.05, 3.63) is 192 Å². The second-order valence-corrected chi connectivity index (χ2v) is 17.2. The molecular weight excluding hydrogens is 919 g/mol. The van der Waals surface area contributed by atoms with E-state index in [0.717, 1.165) is 16.7 Å². The zero-order valence-corrected chi connectivity index (χ0v) is 39.6. The molecule has 5 amide bonds. The fourth-order valence-corrected chi connectivity index (χ4v) is 8.33. The Hall–Kier alpha value is -8.19. The Morgan fingerprint density at radius 1 is 0.569 bits per heavy atom. The molecule has 0 spiro atoms. The van der Waals surface area contributed by atoms with E-state index < -0.39 is 84.4 Å². The van der Waals surface area contributed by atoms with Crippen molar-refractivity contribution in [1.29, 1.82) is 0 Å². The summed E-state index contributed by atoms with van der Waals surface area (Å²) in [6.07, 6.45) is 4.01. The Bertz CT molecular complexity index is 2560. The van der Waals surface area contributed by atoms with Crippen LogP contribution in [0.15, 0.2) is 158 Å². The van der Waals surface area contributed by atoms with Crippen LogP contribution in [-0.4, -0.2) is 111 Å². The number of hydrogen-bond acceptors (Lipinski definition) is 11. The summed E-state index contributed by atoms with van der Waals surface area (Å²) in [5, 5.41) is 46.7. The van der Waals surface area contributed by atoms with Gasteiger partial charge in [-0.1, -0.05) is 133 Å². The van der Waals surface area contributed by atoms with Crippen LogP contribution >= 0.6 is 0 Å². The molecule has 0 saturated heterocycles. The minimum Gasteiger partial charge on any atom is -0.508 e. The Kier molecular flexibility index (Phi) is 19.7. The predicted octanol–water partition coefficient (Wildman–Crippen LogP) is 2.35. The SMILES string of the molecule is NCCCC[C@H](NC(=O)[C@H](CO)NC(=O)CNC(=O)[C@H](Cc1c[nH]cn1)NC(c1ccccc1)(c1ccccc1)c1ccccc1)C(=O)N[C@@H](Cc1ccccc1)C(=O)N[C@@H](Cc1ccc(O)cc1)C(=O)O. The van der Waals surface area contributed by atoms with Gasteiger partial charge < -0.3 is 52.6 Å². The minimum atomic E-state index is -1.57. The number of carbonyl (C=O) groups is 6. The topological polar surface area (TPSA) is 290 Å². The minimum absolute atomic E-state index is 0.0150. The van der Waals surface area contributed by atoms with E-state index in [-0.39, 0.29) is 38.0 Å². The van der Waals surface area contributed by atoms with E-state index in [4.69, 9.17) is 5.73 Å². The number of H-pyrrole nitrogens is 1.